The zero-order chi connectivity index (χ0) is 15.5. The summed E-state index contributed by atoms with van der Waals surface area (Å²) in [5, 5.41) is 10.8. The molecule has 1 aromatic carbocycles. The Bertz CT molecular complexity index is 715. The zero-order valence-electron chi connectivity index (χ0n) is 10.8. The van der Waals surface area contributed by atoms with Gasteiger partial charge in [0.2, 0.25) is 10.0 Å². The number of hydrogen-bond acceptors (Lipinski definition) is 4. The van der Waals surface area contributed by atoms with Gasteiger partial charge in [-0.3, -0.25) is 0 Å². The van der Waals surface area contributed by atoms with Gasteiger partial charge in [-0.05, 0) is 35.6 Å². The highest BCUT2D eigenvalue weighted by atomic mass is 32.2. The van der Waals surface area contributed by atoms with E-state index in [1.807, 2.05) is 17.5 Å². The molecule has 0 unspecified atom stereocenters. The number of aliphatic hydroxyl groups excluding tert-OH is 1. The molecule has 0 amide bonds. The Morgan fingerprint density at radius 1 is 1.29 bits per heavy atom. The largest absolute Gasteiger partial charge is 0.392 e. The van der Waals surface area contributed by atoms with Crippen molar-refractivity contribution in [3.63, 3.8) is 0 Å². The predicted molar refractivity (Wildman–Crippen MR) is 75.5 cm³/mol. The number of rotatable bonds is 6. The van der Waals surface area contributed by atoms with Crippen molar-refractivity contribution >= 4 is 21.4 Å². The van der Waals surface area contributed by atoms with Crippen molar-refractivity contribution < 1.29 is 22.3 Å². The zero-order valence-corrected chi connectivity index (χ0v) is 12.5. The molecule has 0 bridgehead atoms. The van der Waals surface area contributed by atoms with Gasteiger partial charge in [-0.15, -0.1) is 11.3 Å². The highest BCUT2D eigenvalue weighted by Gasteiger charge is 2.22. The minimum atomic E-state index is -4.17. The summed E-state index contributed by atoms with van der Waals surface area (Å²) < 4.78 is 53.2. The van der Waals surface area contributed by atoms with Gasteiger partial charge in [-0.25, -0.2) is 21.9 Å². The van der Waals surface area contributed by atoms with Crippen LogP contribution in [0.5, 0.6) is 0 Å². The molecule has 0 fully saturated rings. The van der Waals surface area contributed by atoms with Crippen LogP contribution in [0.15, 0.2) is 34.5 Å². The summed E-state index contributed by atoms with van der Waals surface area (Å²) in [6.07, 6.45) is 0.459. The lowest BCUT2D eigenvalue weighted by Crippen LogP contribution is -2.27. The first kappa shape index (κ1) is 16.0. The monoisotopic (exact) mass is 333 g/mol. The number of aliphatic hydroxyl groups is 1. The molecule has 0 spiro atoms. The number of hydrogen-bond donors (Lipinski definition) is 2. The van der Waals surface area contributed by atoms with Crippen molar-refractivity contribution in [3.8, 4) is 0 Å². The van der Waals surface area contributed by atoms with E-state index in [0.717, 1.165) is 17.0 Å². The van der Waals surface area contributed by atoms with E-state index in [-0.39, 0.29) is 12.1 Å². The van der Waals surface area contributed by atoms with E-state index < -0.39 is 33.2 Å². The average Bonchev–Trinajstić information content (AvgIpc) is 2.94. The van der Waals surface area contributed by atoms with Crippen LogP contribution in [0.3, 0.4) is 0 Å². The van der Waals surface area contributed by atoms with Crippen LogP contribution in [-0.2, 0) is 23.1 Å². The molecule has 1 aromatic heterocycles. The molecule has 0 aliphatic carbocycles. The lowest BCUT2D eigenvalue weighted by Gasteiger charge is -2.09. The van der Waals surface area contributed by atoms with Gasteiger partial charge in [0, 0.05) is 11.4 Å². The molecule has 114 valence electrons. The summed E-state index contributed by atoms with van der Waals surface area (Å²) in [7, 11) is -4.17. The average molecular weight is 333 g/mol. The summed E-state index contributed by atoms with van der Waals surface area (Å²) >= 11 is 1.48. The van der Waals surface area contributed by atoms with Crippen molar-refractivity contribution in [2.45, 2.75) is 17.9 Å². The molecule has 0 radical (unpaired) electrons. The first-order valence-corrected chi connectivity index (χ1v) is 8.41. The van der Waals surface area contributed by atoms with Gasteiger partial charge >= 0.3 is 0 Å². The van der Waals surface area contributed by atoms with Crippen molar-refractivity contribution in [2.24, 2.45) is 0 Å². The Morgan fingerprint density at radius 2 is 2.05 bits per heavy atom. The van der Waals surface area contributed by atoms with Gasteiger partial charge in [0.1, 0.15) is 4.90 Å². The van der Waals surface area contributed by atoms with E-state index in [1.165, 1.54) is 11.3 Å². The molecule has 2 aromatic rings. The molecule has 4 nitrogen and oxygen atoms in total. The minimum absolute atomic E-state index is 0.00691. The summed E-state index contributed by atoms with van der Waals surface area (Å²) in [4.78, 5) is 0.186. The van der Waals surface area contributed by atoms with E-state index in [0.29, 0.717) is 6.42 Å². The van der Waals surface area contributed by atoms with Crippen LogP contribution in [0.2, 0.25) is 0 Å². The molecule has 0 aliphatic rings. The summed E-state index contributed by atoms with van der Waals surface area (Å²) in [6, 6.07) is 5.38. The van der Waals surface area contributed by atoms with Crippen LogP contribution in [0, 0.1) is 11.6 Å². The maximum atomic E-state index is 13.6. The fourth-order valence-corrected chi connectivity index (χ4v) is 3.62. The predicted octanol–water partition coefficient (Wildman–Crippen LogP) is 2.04. The van der Waals surface area contributed by atoms with Crippen molar-refractivity contribution in [1.82, 2.24) is 4.72 Å². The van der Waals surface area contributed by atoms with E-state index in [9.17, 15) is 17.2 Å². The fourth-order valence-electron chi connectivity index (χ4n) is 1.75. The quantitative estimate of drug-likeness (QED) is 0.850. The molecule has 0 saturated heterocycles. The standard InChI is InChI=1S/C13H13F2NO3S2/c14-11-6-9(8-17)7-12(13(11)15)21(18,19)16-4-3-10-2-1-5-20-10/h1-2,5-7,16-17H,3-4,8H2. The van der Waals surface area contributed by atoms with Crippen molar-refractivity contribution in [3.05, 3.63) is 51.7 Å². The molecule has 2 N–H and O–H groups in total. The second-order valence-corrected chi connectivity index (χ2v) is 7.04. The van der Waals surface area contributed by atoms with Crippen LogP contribution in [0.4, 0.5) is 8.78 Å². The summed E-state index contributed by atoms with van der Waals surface area (Å²) in [5.74, 6) is -2.75. The Balaban J connectivity index is 2.17. The molecule has 0 atom stereocenters. The van der Waals surface area contributed by atoms with Gasteiger partial charge in [0.25, 0.3) is 0 Å². The molecule has 8 heteroatoms. The van der Waals surface area contributed by atoms with Crippen LogP contribution in [-0.4, -0.2) is 20.1 Å². The van der Waals surface area contributed by atoms with Crippen LogP contribution in [0.25, 0.3) is 0 Å². The number of sulfonamides is 1. The van der Waals surface area contributed by atoms with Gasteiger partial charge in [-0.1, -0.05) is 6.07 Å². The third-order valence-corrected chi connectivity index (χ3v) is 5.17. The molecule has 0 saturated carbocycles. The maximum absolute atomic E-state index is 13.6. The smallest absolute Gasteiger partial charge is 0.243 e. The third kappa shape index (κ3) is 3.85. The van der Waals surface area contributed by atoms with Crippen LogP contribution < -0.4 is 4.72 Å². The van der Waals surface area contributed by atoms with Crippen LogP contribution in [0.1, 0.15) is 10.4 Å². The second-order valence-electron chi connectivity index (χ2n) is 4.28. The van der Waals surface area contributed by atoms with Gasteiger partial charge in [0.15, 0.2) is 11.6 Å². The minimum Gasteiger partial charge on any atom is -0.392 e. The number of nitrogens with one attached hydrogen (secondary N) is 1. The van der Waals surface area contributed by atoms with Crippen LogP contribution >= 0.6 is 11.3 Å². The van der Waals surface area contributed by atoms with E-state index in [1.54, 1.807) is 0 Å². The molecule has 21 heavy (non-hydrogen) atoms. The Hall–Kier alpha value is -1.35. The van der Waals surface area contributed by atoms with Gasteiger partial charge in [0.05, 0.1) is 6.61 Å². The first-order chi connectivity index (χ1) is 9.94. The maximum Gasteiger partial charge on any atom is 0.243 e. The topological polar surface area (TPSA) is 66.4 Å². The molecular weight excluding hydrogens is 320 g/mol. The lowest BCUT2D eigenvalue weighted by atomic mass is 10.2. The van der Waals surface area contributed by atoms with Gasteiger partial charge in [-0.2, -0.15) is 0 Å². The first-order valence-electron chi connectivity index (χ1n) is 6.05. The molecular formula is C13H13F2NO3S2. The third-order valence-electron chi connectivity index (χ3n) is 2.77. The normalized spacial score (nSPS) is 11.8. The Kier molecular flexibility index (Phi) is 5.04. The van der Waals surface area contributed by atoms with Gasteiger partial charge < -0.3 is 5.11 Å². The Morgan fingerprint density at radius 3 is 2.67 bits per heavy atom. The number of thiophene rings is 1. The summed E-state index contributed by atoms with van der Waals surface area (Å²) in [5.41, 5.74) is -0.00691. The molecule has 2 rings (SSSR count). The SMILES string of the molecule is O=S(=O)(NCCc1cccs1)c1cc(CO)cc(F)c1F. The van der Waals surface area contributed by atoms with E-state index >= 15 is 0 Å². The highest BCUT2D eigenvalue weighted by molar-refractivity contribution is 7.89. The second kappa shape index (κ2) is 6.61. The number of halogens is 2. The van der Waals surface area contributed by atoms with Crippen molar-refractivity contribution in [1.29, 1.82) is 0 Å². The Labute approximate surface area is 125 Å². The molecule has 0 aliphatic heterocycles. The van der Waals surface area contributed by atoms with Crippen molar-refractivity contribution in [2.75, 3.05) is 6.54 Å². The highest BCUT2D eigenvalue weighted by Crippen LogP contribution is 2.20. The number of benzene rings is 1. The van der Waals surface area contributed by atoms with E-state index in [4.69, 9.17) is 5.11 Å². The molecule has 1 heterocycles. The summed E-state index contributed by atoms with van der Waals surface area (Å²) in [6.45, 7) is -0.498. The lowest BCUT2D eigenvalue weighted by molar-refractivity contribution is 0.280. The fraction of sp³-hybridized carbons (Fsp3) is 0.231. The van der Waals surface area contributed by atoms with E-state index in [2.05, 4.69) is 4.72 Å².